The zero-order valence-electron chi connectivity index (χ0n) is 11.7. The summed E-state index contributed by atoms with van der Waals surface area (Å²) in [6.45, 7) is 3.76. The van der Waals surface area contributed by atoms with E-state index in [1.54, 1.807) is 13.8 Å². The molecule has 106 valence electrons. The van der Waals surface area contributed by atoms with E-state index in [9.17, 15) is 8.42 Å². The Balaban J connectivity index is 2.41. The van der Waals surface area contributed by atoms with Crippen LogP contribution in [0.2, 0.25) is 0 Å². The second-order valence-corrected chi connectivity index (χ2v) is 7.34. The van der Waals surface area contributed by atoms with Gasteiger partial charge in [-0.15, -0.1) is 0 Å². The standard InChI is InChI=1S/C16H19NO2S/c1-14(2)20(18,19)17(16-11-7-4-8-12-16)13-15-9-5-3-6-10-15/h3-12,14H,13H2,1-2H3. The molecule has 0 aromatic heterocycles. The number of sulfonamides is 1. The minimum Gasteiger partial charge on any atom is -0.266 e. The molecular formula is C16H19NO2S. The van der Waals surface area contributed by atoms with Gasteiger partial charge in [0.15, 0.2) is 0 Å². The molecule has 0 saturated carbocycles. The van der Waals surface area contributed by atoms with E-state index < -0.39 is 15.3 Å². The van der Waals surface area contributed by atoms with Crippen molar-refractivity contribution in [2.24, 2.45) is 0 Å². The predicted octanol–water partition coefficient (Wildman–Crippen LogP) is 3.43. The smallest absolute Gasteiger partial charge is 0.237 e. The monoisotopic (exact) mass is 289 g/mol. The lowest BCUT2D eigenvalue weighted by molar-refractivity contribution is 0.581. The molecule has 2 aromatic carbocycles. The Labute approximate surface area is 120 Å². The third-order valence-corrected chi connectivity index (χ3v) is 5.26. The van der Waals surface area contributed by atoms with E-state index in [1.807, 2.05) is 60.7 Å². The van der Waals surface area contributed by atoms with E-state index in [1.165, 1.54) is 4.31 Å². The Kier molecular flexibility index (Phi) is 4.45. The van der Waals surface area contributed by atoms with Crippen LogP contribution in [-0.2, 0) is 16.6 Å². The van der Waals surface area contributed by atoms with Gasteiger partial charge in [-0.3, -0.25) is 4.31 Å². The number of hydrogen-bond acceptors (Lipinski definition) is 2. The van der Waals surface area contributed by atoms with Gasteiger partial charge in [0.1, 0.15) is 0 Å². The van der Waals surface area contributed by atoms with Gasteiger partial charge < -0.3 is 0 Å². The van der Waals surface area contributed by atoms with Crippen LogP contribution in [0.25, 0.3) is 0 Å². The van der Waals surface area contributed by atoms with Crippen LogP contribution in [0.3, 0.4) is 0 Å². The van der Waals surface area contributed by atoms with E-state index in [0.717, 1.165) is 5.56 Å². The summed E-state index contributed by atoms with van der Waals surface area (Å²) in [7, 11) is -3.36. The molecule has 2 aromatic rings. The molecule has 0 amide bonds. The summed E-state index contributed by atoms with van der Waals surface area (Å²) in [6, 6.07) is 18.9. The van der Waals surface area contributed by atoms with Crippen molar-refractivity contribution in [3.63, 3.8) is 0 Å². The third-order valence-electron chi connectivity index (χ3n) is 3.12. The van der Waals surface area contributed by atoms with E-state index in [4.69, 9.17) is 0 Å². The highest BCUT2D eigenvalue weighted by atomic mass is 32.2. The largest absolute Gasteiger partial charge is 0.266 e. The van der Waals surface area contributed by atoms with Crippen LogP contribution < -0.4 is 4.31 Å². The minimum absolute atomic E-state index is 0.353. The van der Waals surface area contributed by atoms with Gasteiger partial charge in [-0.2, -0.15) is 0 Å². The Morgan fingerprint density at radius 3 is 1.90 bits per heavy atom. The summed E-state index contributed by atoms with van der Waals surface area (Å²) < 4.78 is 26.6. The average molecular weight is 289 g/mol. The maximum Gasteiger partial charge on any atom is 0.237 e. The van der Waals surface area contributed by atoms with Crippen LogP contribution in [0.15, 0.2) is 60.7 Å². The lowest BCUT2D eigenvalue weighted by atomic mass is 10.2. The molecule has 0 saturated heterocycles. The fourth-order valence-corrected chi connectivity index (χ4v) is 3.18. The van der Waals surface area contributed by atoms with Gasteiger partial charge in [-0.1, -0.05) is 48.5 Å². The molecule has 0 N–H and O–H groups in total. The number of anilines is 1. The highest BCUT2D eigenvalue weighted by molar-refractivity contribution is 7.93. The quantitative estimate of drug-likeness (QED) is 0.845. The first-order valence-electron chi connectivity index (χ1n) is 6.62. The van der Waals surface area contributed by atoms with Gasteiger partial charge in [0.05, 0.1) is 17.5 Å². The molecule has 4 heteroatoms. The summed E-state index contributed by atoms with van der Waals surface area (Å²) in [5.41, 5.74) is 1.67. The first-order chi connectivity index (χ1) is 9.51. The van der Waals surface area contributed by atoms with Gasteiger partial charge in [0, 0.05) is 0 Å². The number of hydrogen-bond donors (Lipinski definition) is 0. The van der Waals surface area contributed by atoms with Gasteiger partial charge in [-0.25, -0.2) is 8.42 Å². The Bertz CT molecular complexity index is 637. The SMILES string of the molecule is CC(C)S(=O)(=O)N(Cc1ccccc1)c1ccccc1. The molecule has 3 nitrogen and oxygen atoms in total. The molecule has 0 atom stereocenters. The number of para-hydroxylation sites is 1. The summed E-state index contributed by atoms with van der Waals surface area (Å²) in [5, 5.41) is -0.452. The van der Waals surface area contributed by atoms with Crippen LogP contribution >= 0.6 is 0 Å². The molecule has 2 rings (SSSR count). The van der Waals surface area contributed by atoms with Gasteiger partial charge in [0.2, 0.25) is 10.0 Å². The van der Waals surface area contributed by atoms with E-state index in [-0.39, 0.29) is 0 Å². The van der Waals surface area contributed by atoms with Gasteiger partial charge in [-0.05, 0) is 31.5 Å². The molecule has 0 radical (unpaired) electrons. The van der Waals surface area contributed by atoms with Crippen molar-refractivity contribution in [1.82, 2.24) is 0 Å². The summed E-state index contributed by atoms with van der Waals surface area (Å²) in [4.78, 5) is 0. The molecule has 0 aliphatic heterocycles. The summed E-state index contributed by atoms with van der Waals surface area (Å²) in [5.74, 6) is 0. The maximum atomic E-state index is 12.6. The van der Waals surface area contributed by atoms with E-state index in [2.05, 4.69) is 0 Å². The van der Waals surface area contributed by atoms with Crippen LogP contribution in [0, 0.1) is 0 Å². The van der Waals surface area contributed by atoms with Crippen molar-refractivity contribution < 1.29 is 8.42 Å². The minimum atomic E-state index is -3.36. The lowest BCUT2D eigenvalue weighted by Crippen LogP contribution is -2.35. The zero-order valence-corrected chi connectivity index (χ0v) is 12.5. The second kappa shape index (κ2) is 6.09. The second-order valence-electron chi connectivity index (χ2n) is 4.92. The number of benzene rings is 2. The topological polar surface area (TPSA) is 37.4 Å². The summed E-state index contributed by atoms with van der Waals surface area (Å²) >= 11 is 0. The van der Waals surface area contributed by atoms with Crippen molar-refractivity contribution in [3.8, 4) is 0 Å². The molecule has 0 bridgehead atoms. The van der Waals surface area contributed by atoms with Gasteiger partial charge in [0.25, 0.3) is 0 Å². The molecule has 0 aliphatic carbocycles. The predicted molar refractivity (Wildman–Crippen MR) is 83.1 cm³/mol. The first-order valence-corrected chi connectivity index (χ1v) is 8.12. The Morgan fingerprint density at radius 1 is 0.900 bits per heavy atom. The molecule has 0 fully saturated rings. The van der Waals surface area contributed by atoms with E-state index in [0.29, 0.717) is 12.2 Å². The van der Waals surface area contributed by atoms with Crippen LogP contribution in [-0.4, -0.2) is 13.7 Å². The lowest BCUT2D eigenvalue weighted by Gasteiger charge is -2.26. The molecular weight excluding hydrogens is 270 g/mol. The van der Waals surface area contributed by atoms with Crippen molar-refractivity contribution >= 4 is 15.7 Å². The van der Waals surface area contributed by atoms with Crippen LogP contribution in [0.5, 0.6) is 0 Å². The van der Waals surface area contributed by atoms with E-state index >= 15 is 0 Å². The number of rotatable bonds is 5. The van der Waals surface area contributed by atoms with Crippen molar-refractivity contribution in [1.29, 1.82) is 0 Å². The zero-order chi connectivity index (χ0) is 14.6. The van der Waals surface area contributed by atoms with Crippen molar-refractivity contribution in [2.45, 2.75) is 25.6 Å². The fraction of sp³-hybridized carbons (Fsp3) is 0.250. The highest BCUT2D eigenvalue weighted by Crippen LogP contribution is 2.23. The van der Waals surface area contributed by atoms with Crippen molar-refractivity contribution in [2.75, 3.05) is 4.31 Å². The molecule has 0 aliphatic rings. The normalized spacial score (nSPS) is 11.6. The highest BCUT2D eigenvalue weighted by Gasteiger charge is 2.26. The number of nitrogens with zero attached hydrogens (tertiary/aromatic N) is 1. The maximum absolute atomic E-state index is 12.6. The molecule has 0 unspecified atom stereocenters. The van der Waals surface area contributed by atoms with Crippen molar-refractivity contribution in [3.05, 3.63) is 66.2 Å². The third kappa shape index (κ3) is 3.20. The fourth-order valence-electron chi connectivity index (χ4n) is 1.93. The first kappa shape index (κ1) is 14.6. The van der Waals surface area contributed by atoms with Crippen LogP contribution in [0.1, 0.15) is 19.4 Å². The Morgan fingerprint density at radius 2 is 1.40 bits per heavy atom. The molecule has 20 heavy (non-hydrogen) atoms. The average Bonchev–Trinajstić information content (AvgIpc) is 2.46. The summed E-state index contributed by atoms with van der Waals surface area (Å²) in [6.07, 6.45) is 0. The molecule has 0 spiro atoms. The molecule has 0 heterocycles. The van der Waals surface area contributed by atoms with Crippen LogP contribution in [0.4, 0.5) is 5.69 Å². The van der Waals surface area contributed by atoms with Gasteiger partial charge >= 0.3 is 0 Å². The Hall–Kier alpha value is -1.81.